The molecule has 0 aliphatic heterocycles. The van der Waals surface area contributed by atoms with Crippen LogP contribution in [0.5, 0.6) is 5.75 Å². The smallest absolute Gasteiger partial charge is 0.255 e. The molecule has 70 valence electrons. The number of hydrogen-bond acceptors (Lipinski definition) is 3. The highest BCUT2D eigenvalue weighted by Gasteiger charge is 2.02. The van der Waals surface area contributed by atoms with Crippen LogP contribution in [0.4, 0.5) is 5.69 Å². The monoisotopic (exact) mass is 200 g/mol. The molecule has 1 aromatic carbocycles. The third kappa shape index (κ3) is 2.83. The molecule has 0 aliphatic rings. The van der Waals surface area contributed by atoms with E-state index in [-0.39, 0.29) is 6.61 Å². The van der Waals surface area contributed by atoms with Crippen molar-refractivity contribution in [1.82, 2.24) is 0 Å². The van der Waals surface area contributed by atoms with Gasteiger partial charge in [-0.2, -0.15) is 0 Å². The third-order valence-electron chi connectivity index (χ3n) is 1.33. The predicted molar refractivity (Wildman–Crippen MR) is 50.6 cm³/mol. The van der Waals surface area contributed by atoms with Gasteiger partial charge in [-0.25, -0.2) is 0 Å². The fourth-order valence-corrected chi connectivity index (χ4v) is 1.03. The minimum Gasteiger partial charge on any atom is -0.482 e. The standard InChI is InChI=1S/C8H9ClN2O2/c9-6-3-5(10)1-2-7(6)13-4-8(11)12/h1-3H,4,10H2,(H2,11,12). The zero-order valence-electron chi connectivity index (χ0n) is 6.79. The number of rotatable bonds is 3. The lowest BCUT2D eigenvalue weighted by molar-refractivity contribution is -0.119. The number of nitrogens with two attached hydrogens (primary N) is 2. The average molecular weight is 201 g/mol. The molecule has 0 aromatic heterocycles. The Balaban J connectivity index is 2.72. The summed E-state index contributed by atoms with van der Waals surface area (Å²) in [5.41, 5.74) is 10.9. The number of halogens is 1. The first-order chi connectivity index (χ1) is 6.09. The summed E-state index contributed by atoms with van der Waals surface area (Å²) in [7, 11) is 0. The second kappa shape index (κ2) is 4.00. The Morgan fingerprint density at radius 1 is 1.54 bits per heavy atom. The number of ether oxygens (including phenoxy) is 1. The number of anilines is 1. The number of amides is 1. The van der Waals surface area contributed by atoms with E-state index < -0.39 is 5.91 Å². The van der Waals surface area contributed by atoms with Gasteiger partial charge in [0, 0.05) is 5.69 Å². The van der Waals surface area contributed by atoms with Crippen molar-refractivity contribution < 1.29 is 9.53 Å². The fourth-order valence-electron chi connectivity index (χ4n) is 0.783. The maximum atomic E-state index is 10.4. The maximum Gasteiger partial charge on any atom is 0.255 e. The van der Waals surface area contributed by atoms with Crippen molar-refractivity contribution in [1.29, 1.82) is 0 Å². The van der Waals surface area contributed by atoms with Gasteiger partial charge in [0.1, 0.15) is 5.75 Å². The summed E-state index contributed by atoms with van der Waals surface area (Å²) in [6.45, 7) is -0.191. The Hall–Kier alpha value is -1.42. The van der Waals surface area contributed by atoms with Gasteiger partial charge in [0.2, 0.25) is 0 Å². The van der Waals surface area contributed by atoms with Crippen molar-refractivity contribution in [2.45, 2.75) is 0 Å². The minimum absolute atomic E-state index is 0.191. The SMILES string of the molecule is NC(=O)COc1ccc(N)cc1Cl. The second-order valence-corrected chi connectivity index (χ2v) is 2.85. The lowest BCUT2D eigenvalue weighted by Crippen LogP contribution is -2.20. The number of benzene rings is 1. The molecule has 0 saturated carbocycles. The minimum atomic E-state index is -0.548. The van der Waals surface area contributed by atoms with Crippen LogP contribution >= 0.6 is 11.6 Å². The van der Waals surface area contributed by atoms with Gasteiger partial charge in [-0.05, 0) is 18.2 Å². The number of carbonyl (C=O) groups is 1. The number of primary amides is 1. The Bertz CT molecular complexity index is 328. The molecule has 1 amide bonds. The molecule has 5 heteroatoms. The second-order valence-electron chi connectivity index (χ2n) is 2.44. The molecule has 4 N–H and O–H groups in total. The first-order valence-electron chi connectivity index (χ1n) is 3.55. The summed E-state index contributed by atoms with van der Waals surface area (Å²) >= 11 is 5.76. The topological polar surface area (TPSA) is 78.3 Å². The molecular formula is C8H9ClN2O2. The molecular weight excluding hydrogens is 192 g/mol. The van der Waals surface area contributed by atoms with Gasteiger partial charge in [-0.3, -0.25) is 4.79 Å². The Morgan fingerprint density at radius 3 is 2.77 bits per heavy atom. The van der Waals surface area contributed by atoms with E-state index in [1.807, 2.05) is 0 Å². The highest BCUT2D eigenvalue weighted by molar-refractivity contribution is 6.32. The Labute approximate surface area is 80.4 Å². The molecule has 0 unspecified atom stereocenters. The molecule has 0 spiro atoms. The van der Waals surface area contributed by atoms with Crippen LogP contribution in [0.15, 0.2) is 18.2 Å². The summed E-state index contributed by atoms with van der Waals surface area (Å²) < 4.78 is 4.99. The van der Waals surface area contributed by atoms with Crippen molar-refractivity contribution >= 4 is 23.2 Å². The van der Waals surface area contributed by atoms with E-state index >= 15 is 0 Å². The predicted octanol–water partition coefficient (Wildman–Crippen LogP) is 0.786. The maximum absolute atomic E-state index is 10.4. The zero-order valence-corrected chi connectivity index (χ0v) is 7.54. The van der Waals surface area contributed by atoms with Gasteiger partial charge in [0.05, 0.1) is 5.02 Å². The van der Waals surface area contributed by atoms with Crippen LogP contribution in [0.2, 0.25) is 5.02 Å². The molecule has 1 rings (SSSR count). The van der Waals surface area contributed by atoms with Crippen LogP contribution in [0.25, 0.3) is 0 Å². The largest absolute Gasteiger partial charge is 0.482 e. The van der Waals surface area contributed by atoms with Gasteiger partial charge in [0.15, 0.2) is 6.61 Å². The Kier molecular flexibility index (Phi) is 2.97. The van der Waals surface area contributed by atoms with Gasteiger partial charge in [-0.15, -0.1) is 0 Å². The first-order valence-corrected chi connectivity index (χ1v) is 3.93. The first kappa shape index (κ1) is 9.67. The van der Waals surface area contributed by atoms with E-state index in [0.717, 1.165) is 0 Å². The molecule has 13 heavy (non-hydrogen) atoms. The van der Waals surface area contributed by atoms with Crippen LogP contribution < -0.4 is 16.2 Å². The summed E-state index contributed by atoms with van der Waals surface area (Å²) in [5, 5.41) is 0.362. The van der Waals surface area contributed by atoms with Crippen molar-refractivity contribution in [3.8, 4) is 5.75 Å². The van der Waals surface area contributed by atoms with Crippen molar-refractivity contribution in [2.24, 2.45) is 5.73 Å². The van der Waals surface area contributed by atoms with Crippen molar-refractivity contribution in [3.05, 3.63) is 23.2 Å². The number of carbonyl (C=O) groups excluding carboxylic acids is 1. The van der Waals surface area contributed by atoms with Crippen molar-refractivity contribution in [2.75, 3.05) is 12.3 Å². The summed E-state index contributed by atoms with van der Waals surface area (Å²) in [6, 6.07) is 4.75. The fraction of sp³-hybridized carbons (Fsp3) is 0.125. The van der Waals surface area contributed by atoms with Crippen molar-refractivity contribution in [3.63, 3.8) is 0 Å². The van der Waals surface area contributed by atoms with E-state index in [0.29, 0.717) is 16.5 Å². The van der Waals surface area contributed by atoms with Crippen LogP contribution in [0, 0.1) is 0 Å². The number of hydrogen-bond donors (Lipinski definition) is 2. The van der Waals surface area contributed by atoms with Gasteiger partial charge < -0.3 is 16.2 Å². The lowest BCUT2D eigenvalue weighted by atomic mass is 10.3. The van der Waals surface area contributed by atoms with Crippen LogP contribution in [-0.2, 0) is 4.79 Å². The lowest BCUT2D eigenvalue weighted by Gasteiger charge is -2.05. The number of nitrogen functional groups attached to an aromatic ring is 1. The average Bonchev–Trinajstić information content (AvgIpc) is 2.02. The van der Waals surface area contributed by atoms with E-state index in [9.17, 15) is 4.79 Å². The molecule has 0 heterocycles. The molecule has 0 radical (unpaired) electrons. The molecule has 0 saturated heterocycles. The van der Waals surface area contributed by atoms with Crippen LogP contribution in [0.3, 0.4) is 0 Å². The molecule has 1 aromatic rings. The third-order valence-corrected chi connectivity index (χ3v) is 1.62. The van der Waals surface area contributed by atoms with Crippen LogP contribution in [0.1, 0.15) is 0 Å². The quantitative estimate of drug-likeness (QED) is 0.708. The van der Waals surface area contributed by atoms with E-state index in [4.69, 9.17) is 27.8 Å². The molecule has 0 atom stereocenters. The molecule has 0 aliphatic carbocycles. The molecule has 4 nitrogen and oxygen atoms in total. The zero-order chi connectivity index (χ0) is 9.84. The molecule has 0 fully saturated rings. The summed E-state index contributed by atoms with van der Waals surface area (Å²) in [5.74, 6) is -0.150. The van der Waals surface area contributed by atoms with E-state index in [1.54, 1.807) is 12.1 Å². The Morgan fingerprint density at radius 2 is 2.23 bits per heavy atom. The highest BCUT2D eigenvalue weighted by atomic mass is 35.5. The van der Waals surface area contributed by atoms with Gasteiger partial charge in [-0.1, -0.05) is 11.6 Å². The molecule has 0 bridgehead atoms. The summed E-state index contributed by atoms with van der Waals surface area (Å²) in [6.07, 6.45) is 0. The van der Waals surface area contributed by atoms with Gasteiger partial charge in [0.25, 0.3) is 5.91 Å². The van der Waals surface area contributed by atoms with E-state index in [1.165, 1.54) is 6.07 Å². The summed E-state index contributed by atoms with van der Waals surface area (Å²) in [4.78, 5) is 10.4. The van der Waals surface area contributed by atoms with Gasteiger partial charge >= 0.3 is 0 Å². The van der Waals surface area contributed by atoms with E-state index in [2.05, 4.69) is 0 Å². The normalized spacial score (nSPS) is 9.62. The van der Waals surface area contributed by atoms with Crippen LogP contribution in [-0.4, -0.2) is 12.5 Å². The highest BCUT2D eigenvalue weighted by Crippen LogP contribution is 2.25.